The first-order valence-corrected chi connectivity index (χ1v) is 6.07. The Kier molecular flexibility index (Phi) is 6.18. The topological polar surface area (TPSA) is 63.6 Å². The normalized spacial score (nSPS) is 12.9. The monoisotopic (exact) mass is 246 g/mol. The molecule has 0 aliphatic carbocycles. The minimum atomic E-state index is -1.15. The Morgan fingerprint density at radius 1 is 1.50 bits per heavy atom. The molecule has 0 heterocycles. The highest BCUT2D eigenvalue weighted by Gasteiger charge is 2.30. The zero-order valence-corrected chi connectivity index (χ0v) is 10.7. The molecule has 0 rings (SSSR count). The van der Waals surface area contributed by atoms with Gasteiger partial charge in [0.15, 0.2) is 5.92 Å². The molecule has 0 amide bonds. The lowest BCUT2D eigenvalue weighted by Crippen LogP contribution is -2.34. The lowest BCUT2D eigenvalue weighted by Gasteiger charge is -2.22. The van der Waals surface area contributed by atoms with Crippen LogP contribution in [0.1, 0.15) is 20.8 Å². The quantitative estimate of drug-likeness (QED) is 0.336. The van der Waals surface area contributed by atoms with Crippen LogP contribution in [0.4, 0.5) is 0 Å². The number of carbonyl (C=O) groups excluding carboxylic acids is 1. The van der Waals surface area contributed by atoms with Crippen molar-refractivity contribution in [3.63, 3.8) is 0 Å². The fourth-order valence-electron chi connectivity index (χ4n) is 0.882. The van der Waals surface area contributed by atoms with Crippen LogP contribution in [-0.2, 0) is 14.3 Å². The van der Waals surface area contributed by atoms with Gasteiger partial charge >= 0.3 is 11.9 Å². The molecule has 92 valence electrons. The first-order chi connectivity index (χ1) is 7.28. The summed E-state index contributed by atoms with van der Waals surface area (Å²) in [5.74, 6) is -2.12. The summed E-state index contributed by atoms with van der Waals surface area (Å²) >= 11 is 1.34. The number of carboxylic acids is 1. The van der Waals surface area contributed by atoms with Gasteiger partial charge in [0.05, 0.1) is 0 Å². The number of rotatable bonds is 6. The molecule has 0 radical (unpaired) electrons. The molecule has 0 aliphatic rings. The molecule has 5 heteroatoms. The number of carbonyl (C=O) groups is 2. The number of hydrogen-bond acceptors (Lipinski definition) is 4. The van der Waals surface area contributed by atoms with Gasteiger partial charge in [-0.15, -0.1) is 6.58 Å². The largest absolute Gasteiger partial charge is 0.481 e. The number of thioether (sulfide) groups is 1. The zero-order valence-electron chi connectivity index (χ0n) is 9.86. The summed E-state index contributed by atoms with van der Waals surface area (Å²) in [5, 5.41) is 8.90. The molecule has 1 N–H and O–H groups in total. The summed E-state index contributed by atoms with van der Waals surface area (Å²) in [7, 11) is 0. The van der Waals surface area contributed by atoms with Gasteiger partial charge in [-0.3, -0.25) is 9.59 Å². The van der Waals surface area contributed by atoms with Gasteiger partial charge in [-0.1, -0.05) is 6.08 Å². The van der Waals surface area contributed by atoms with Crippen molar-refractivity contribution >= 4 is 23.7 Å². The average Bonchev–Trinajstić information content (AvgIpc) is 2.08. The highest BCUT2D eigenvalue weighted by molar-refractivity contribution is 7.99. The standard InChI is InChI=1S/C11H18O4S/c1-5-6-16-7-8(9(12)13)10(14)15-11(2,3)4/h5,8H,1,6-7H2,2-4H3,(H,12,13)/t8-/m1/s1. The Morgan fingerprint density at radius 2 is 2.06 bits per heavy atom. The molecule has 0 saturated heterocycles. The highest BCUT2D eigenvalue weighted by Crippen LogP contribution is 2.15. The van der Waals surface area contributed by atoms with Crippen LogP contribution in [0.3, 0.4) is 0 Å². The van der Waals surface area contributed by atoms with Crippen molar-refractivity contribution in [1.29, 1.82) is 0 Å². The molecule has 0 aliphatic heterocycles. The Hall–Kier alpha value is -0.970. The number of esters is 1. The molecule has 0 unspecified atom stereocenters. The summed E-state index contributed by atoms with van der Waals surface area (Å²) < 4.78 is 5.03. The van der Waals surface area contributed by atoms with Crippen LogP contribution in [0, 0.1) is 5.92 Å². The van der Waals surface area contributed by atoms with E-state index in [2.05, 4.69) is 6.58 Å². The molecular formula is C11H18O4S. The molecule has 16 heavy (non-hydrogen) atoms. The van der Waals surface area contributed by atoms with Gasteiger partial charge < -0.3 is 9.84 Å². The van der Waals surface area contributed by atoms with E-state index < -0.39 is 23.5 Å². The zero-order chi connectivity index (χ0) is 12.8. The van der Waals surface area contributed by atoms with Crippen LogP contribution < -0.4 is 0 Å². The number of hydrogen-bond donors (Lipinski definition) is 1. The second kappa shape index (κ2) is 6.58. The Balaban J connectivity index is 4.36. The molecule has 4 nitrogen and oxygen atoms in total. The molecule has 0 aromatic rings. The van der Waals surface area contributed by atoms with Crippen LogP contribution >= 0.6 is 11.8 Å². The second-order valence-corrected chi connectivity index (χ2v) is 5.33. The lowest BCUT2D eigenvalue weighted by molar-refractivity contribution is -0.165. The minimum absolute atomic E-state index is 0.205. The van der Waals surface area contributed by atoms with Crippen molar-refractivity contribution in [2.75, 3.05) is 11.5 Å². The second-order valence-electron chi connectivity index (χ2n) is 4.25. The van der Waals surface area contributed by atoms with E-state index in [9.17, 15) is 9.59 Å². The van der Waals surface area contributed by atoms with E-state index in [1.165, 1.54) is 11.8 Å². The summed E-state index contributed by atoms with van der Waals surface area (Å²) in [4.78, 5) is 22.4. The fraction of sp³-hybridized carbons (Fsp3) is 0.636. The van der Waals surface area contributed by atoms with Crippen LogP contribution in [0.25, 0.3) is 0 Å². The van der Waals surface area contributed by atoms with Crippen LogP contribution in [0.15, 0.2) is 12.7 Å². The summed E-state index contributed by atoms with van der Waals surface area (Å²) in [6, 6.07) is 0. The van der Waals surface area contributed by atoms with E-state index in [0.29, 0.717) is 5.75 Å². The molecule has 1 atom stereocenters. The molecule has 0 spiro atoms. The maximum absolute atomic E-state index is 11.6. The summed E-state index contributed by atoms with van der Waals surface area (Å²) in [6.07, 6.45) is 1.67. The van der Waals surface area contributed by atoms with Crippen molar-refractivity contribution in [1.82, 2.24) is 0 Å². The van der Waals surface area contributed by atoms with E-state index >= 15 is 0 Å². The third-order valence-corrected chi connectivity index (χ3v) is 2.55. The molecule has 0 bridgehead atoms. The summed E-state index contributed by atoms with van der Waals surface area (Å²) in [6.45, 7) is 8.65. The molecule has 0 fully saturated rings. The first-order valence-electron chi connectivity index (χ1n) is 4.92. The van der Waals surface area contributed by atoms with Gasteiger partial charge in [-0.25, -0.2) is 0 Å². The predicted octanol–water partition coefficient (Wildman–Crippen LogP) is 1.95. The maximum Gasteiger partial charge on any atom is 0.321 e. The third kappa shape index (κ3) is 6.50. The smallest absolute Gasteiger partial charge is 0.321 e. The van der Waals surface area contributed by atoms with Crippen molar-refractivity contribution in [3.8, 4) is 0 Å². The van der Waals surface area contributed by atoms with Crippen LogP contribution in [-0.4, -0.2) is 34.2 Å². The van der Waals surface area contributed by atoms with Gasteiger partial charge in [0.25, 0.3) is 0 Å². The van der Waals surface area contributed by atoms with Crippen molar-refractivity contribution in [2.45, 2.75) is 26.4 Å². The molecule has 0 saturated carbocycles. The number of ether oxygens (including phenoxy) is 1. The Bertz CT molecular complexity index is 268. The van der Waals surface area contributed by atoms with E-state index in [4.69, 9.17) is 9.84 Å². The van der Waals surface area contributed by atoms with E-state index in [-0.39, 0.29) is 5.75 Å². The molecular weight excluding hydrogens is 228 g/mol. The Morgan fingerprint density at radius 3 is 2.44 bits per heavy atom. The lowest BCUT2D eigenvalue weighted by atomic mass is 10.1. The van der Waals surface area contributed by atoms with Crippen molar-refractivity contribution in [3.05, 3.63) is 12.7 Å². The van der Waals surface area contributed by atoms with Crippen LogP contribution in [0.2, 0.25) is 0 Å². The number of carboxylic acid groups (broad SMARTS) is 1. The Labute approximate surface area is 100 Å². The van der Waals surface area contributed by atoms with Gasteiger partial charge in [-0.2, -0.15) is 11.8 Å². The first kappa shape index (κ1) is 15.0. The third-order valence-electron chi connectivity index (χ3n) is 1.51. The van der Waals surface area contributed by atoms with Gasteiger partial charge in [0.2, 0.25) is 0 Å². The molecule has 0 aromatic carbocycles. The van der Waals surface area contributed by atoms with Gasteiger partial charge in [0.1, 0.15) is 5.60 Å². The average molecular weight is 246 g/mol. The molecule has 0 aromatic heterocycles. The predicted molar refractivity (Wildman–Crippen MR) is 64.5 cm³/mol. The minimum Gasteiger partial charge on any atom is -0.481 e. The van der Waals surface area contributed by atoms with E-state index in [0.717, 1.165) is 0 Å². The van der Waals surface area contributed by atoms with Crippen molar-refractivity contribution < 1.29 is 19.4 Å². The van der Waals surface area contributed by atoms with Gasteiger partial charge in [0, 0.05) is 11.5 Å². The van der Waals surface area contributed by atoms with Crippen molar-refractivity contribution in [2.24, 2.45) is 5.92 Å². The van der Waals surface area contributed by atoms with E-state index in [1.54, 1.807) is 26.8 Å². The van der Waals surface area contributed by atoms with E-state index in [1.807, 2.05) is 0 Å². The SMILES string of the molecule is C=CCSC[C@H](C(=O)O)C(=O)OC(C)(C)C. The maximum atomic E-state index is 11.6. The summed E-state index contributed by atoms with van der Waals surface area (Å²) in [5.41, 5.74) is -0.659. The number of aliphatic carboxylic acids is 1. The highest BCUT2D eigenvalue weighted by atomic mass is 32.2. The van der Waals surface area contributed by atoms with Crippen LogP contribution in [0.5, 0.6) is 0 Å². The fourth-order valence-corrected chi connectivity index (χ4v) is 1.70. The van der Waals surface area contributed by atoms with Gasteiger partial charge in [-0.05, 0) is 20.8 Å².